The molecule has 1 aliphatic heterocycles. The number of fused-ring (bicyclic) bond motifs is 1. The van der Waals surface area contributed by atoms with Gasteiger partial charge in [0.25, 0.3) is 0 Å². The number of H-pyrrole nitrogens is 1. The van der Waals surface area contributed by atoms with Gasteiger partial charge < -0.3 is 21.8 Å². The van der Waals surface area contributed by atoms with Crippen molar-refractivity contribution in [1.82, 2.24) is 19.9 Å². The highest BCUT2D eigenvalue weighted by molar-refractivity contribution is 8.13. The van der Waals surface area contributed by atoms with Crippen molar-refractivity contribution >= 4 is 39.6 Å². The Bertz CT molecular complexity index is 1580. The molecule has 0 aliphatic carbocycles. The average molecular weight is 582 g/mol. The number of nitrogens with zero attached hydrogens (tertiary/aromatic N) is 2. The normalized spacial score (nSPS) is 18.2. The molecular formula is C29H33ClFN7OS. The molecule has 210 valence electrons. The van der Waals surface area contributed by atoms with Crippen LogP contribution in [0.4, 0.5) is 4.39 Å². The standard InChI is InChI=1S/C29H33ClFN7OS/c1-16(32)11-17-12-22(26(31)23(30)13-17)25-14-19-15-38(29(39)37-27(19)36-25)21-7-5-18(6-8-21)24-4-2-3-20(35-24)9-10-40-28(33)34/h5-8,12-16,20,24,35H,2-4,9-11,32H2,1H3,(H3,33,34)(H,36,37,39)/t16-,20-,24-/m0/s1. The smallest absolute Gasteiger partial charge is 0.354 e. The molecule has 11 heteroatoms. The summed E-state index contributed by atoms with van der Waals surface area (Å²) in [7, 11) is 0. The van der Waals surface area contributed by atoms with Gasteiger partial charge in [-0.05, 0) is 74.1 Å². The summed E-state index contributed by atoms with van der Waals surface area (Å²) < 4.78 is 16.5. The van der Waals surface area contributed by atoms with E-state index in [1.165, 1.54) is 16.3 Å². The largest absolute Gasteiger partial charge is 0.379 e. The molecule has 0 unspecified atom stereocenters. The molecule has 4 aromatic rings. The van der Waals surface area contributed by atoms with Crippen molar-refractivity contribution in [3.63, 3.8) is 0 Å². The van der Waals surface area contributed by atoms with Crippen LogP contribution in [0.5, 0.6) is 0 Å². The van der Waals surface area contributed by atoms with Gasteiger partial charge in [0.15, 0.2) is 11.0 Å². The highest BCUT2D eigenvalue weighted by Crippen LogP contribution is 2.32. The summed E-state index contributed by atoms with van der Waals surface area (Å²) in [5.74, 6) is 0.291. The van der Waals surface area contributed by atoms with Gasteiger partial charge in [-0.1, -0.05) is 41.9 Å². The number of piperidine rings is 1. The maximum absolute atomic E-state index is 15.0. The van der Waals surface area contributed by atoms with Gasteiger partial charge in [0.05, 0.1) is 16.4 Å². The van der Waals surface area contributed by atoms with Crippen LogP contribution in [0.15, 0.2) is 53.5 Å². The van der Waals surface area contributed by atoms with Crippen molar-refractivity contribution < 1.29 is 4.39 Å². The van der Waals surface area contributed by atoms with Crippen LogP contribution < -0.4 is 22.5 Å². The molecule has 7 N–H and O–H groups in total. The third-order valence-corrected chi connectivity index (χ3v) is 8.25. The summed E-state index contributed by atoms with van der Waals surface area (Å²) in [6, 6.07) is 13.5. The minimum absolute atomic E-state index is 0.0214. The second kappa shape index (κ2) is 12.1. The number of hydrogen-bond donors (Lipinski definition) is 5. The molecule has 0 bridgehead atoms. The molecule has 8 nitrogen and oxygen atoms in total. The van der Waals surface area contributed by atoms with Gasteiger partial charge in [0.2, 0.25) is 0 Å². The van der Waals surface area contributed by atoms with E-state index in [9.17, 15) is 9.18 Å². The molecule has 2 aromatic heterocycles. The van der Waals surface area contributed by atoms with Crippen LogP contribution in [-0.2, 0) is 6.42 Å². The Morgan fingerprint density at radius 2 is 2.05 bits per heavy atom. The molecule has 3 heterocycles. The van der Waals surface area contributed by atoms with Gasteiger partial charge in [-0.25, -0.2) is 9.18 Å². The third kappa shape index (κ3) is 6.41. The fourth-order valence-corrected chi connectivity index (χ4v) is 6.21. The Labute approximate surface area is 241 Å². The van der Waals surface area contributed by atoms with Crippen LogP contribution in [-0.4, -0.2) is 37.5 Å². The number of benzene rings is 2. The van der Waals surface area contributed by atoms with E-state index in [4.69, 9.17) is 28.5 Å². The first-order chi connectivity index (χ1) is 19.2. The van der Waals surface area contributed by atoms with E-state index in [0.29, 0.717) is 40.4 Å². The first-order valence-electron chi connectivity index (χ1n) is 13.4. The summed E-state index contributed by atoms with van der Waals surface area (Å²) in [6.07, 6.45) is 6.52. The number of hydrogen-bond acceptors (Lipinski definition) is 6. The number of nitrogens with two attached hydrogens (primary N) is 2. The molecule has 1 saturated heterocycles. The monoisotopic (exact) mass is 581 g/mol. The zero-order chi connectivity index (χ0) is 28.4. The topological polar surface area (TPSA) is 139 Å². The lowest BCUT2D eigenvalue weighted by atomic mass is 9.92. The zero-order valence-corrected chi connectivity index (χ0v) is 23.8. The Morgan fingerprint density at radius 3 is 2.77 bits per heavy atom. The van der Waals surface area contributed by atoms with Gasteiger partial charge in [-0.3, -0.25) is 9.98 Å². The summed E-state index contributed by atoms with van der Waals surface area (Å²) in [5, 5.41) is 12.0. The maximum atomic E-state index is 15.0. The Kier molecular flexibility index (Phi) is 8.60. The van der Waals surface area contributed by atoms with Crippen LogP contribution in [0, 0.1) is 11.2 Å². The molecule has 1 aliphatic rings. The molecule has 2 aromatic carbocycles. The molecule has 0 amide bonds. The Balaban J connectivity index is 1.37. The number of thioether (sulfide) groups is 1. The lowest BCUT2D eigenvalue weighted by Crippen LogP contribution is -2.37. The van der Waals surface area contributed by atoms with Crippen LogP contribution in [0.25, 0.3) is 28.0 Å². The second-order valence-corrected chi connectivity index (χ2v) is 12.0. The molecule has 0 spiro atoms. The van der Waals surface area contributed by atoms with E-state index in [1.54, 1.807) is 24.4 Å². The first kappa shape index (κ1) is 28.4. The minimum atomic E-state index is -0.538. The van der Waals surface area contributed by atoms with Gasteiger partial charge >= 0.3 is 5.69 Å². The van der Waals surface area contributed by atoms with Crippen molar-refractivity contribution in [3.8, 4) is 16.9 Å². The van der Waals surface area contributed by atoms with Gasteiger partial charge in [-0.15, -0.1) is 0 Å². The van der Waals surface area contributed by atoms with E-state index >= 15 is 0 Å². The lowest BCUT2D eigenvalue weighted by molar-refractivity contribution is 0.320. The van der Waals surface area contributed by atoms with Crippen molar-refractivity contribution in [2.45, 2.75) is 57.2 Å². The Hall–Kier alpha value is -3.18. The number of nitrogens with one attached hydrogen (secondary N) is 3. The Morgan fingerprint density at radius 1 is 1.27 bits per heavy atom. The average Bonchev–Trinajstić information content (AvgIpc) is 3.32. The summed E-state index contributed by atoms with van der Waals surface area (Å²) in [6.45, 7) is 1.88. The van der Waals surface area contributed by atoms with Crippen LogP contribution in [0.3, 0.4) is 0 Å². The number of rotatable bonds is 8. The molecule has 0 radical (unpaired) electrons. The predicted octanol–water partition coefficient (Wildman–Crippen LogP) is 5.26. The summed E-state index contributed by atoms with van der Waals surface area (Å²) in [4.78, 5) is 20.2. The van der Waals surface area contributed by atoms with Gasteiger partial charge in [0.1, 0.15) is 5.65 Å². The molecule has 5 rings (SSSR count). The van der Waals surface area contributed by atoms with Crippen LogP contribution in [0.2, 0.25) is 5.02 Å². The molecular weight excluding hydrogens is 549 g/mol. The number of amidine groups is 1. The summed E-state index contributed by atoms with van der Waals surface area (Å²) in [5.41, 5.74) is 14.8. The highest BCUT2D eigenvalue weighted by atomic mass is 35.5. The molecule has 40 heavy (non-hydrogen) atoms. The van der Waals surface area contributed by atoms with Crippen molar-refractivity contribution in [1.29, 1.82) is 5.41 Å². The lowest BCUT2D eigenvalue weighted by Gasteiger charge is -2.31. The predicted molar refractivity (Wildman–Crippen MR) is 162 cm³/mol. The number of aromatic amines is 1. The van der Waals surface area contributed by atoms with E-state index in [-0.39, 0.29) is 22.3 Å². The SMILES string of the molecule is C[C@H](N)Cc1cc(Cl)c(F)c(-c2cc3cn(-c4ccc([C@@H]5CCC[C@@H](CCSC(=N)N)N5)cc4)c(=O)nc3[nH]2)c1. The summed E-state index contributed by atoms with van der Waals surface area (Å²) >= 11 is 7.55. The molecule has 0 saturated carbocycles. The first-order valence-corrected chi connectivity index (χ1v) is 14.7. The molecule has 1 fully saturated rings. The van der Waals surface area contributed by atoms with Crippen molar-refractivity contribution in [2.24, 2.45) is 11.5 Å². The van der Waals surface area contributed by atoms with E-state index in [2.05, 4.69) is 15.3 Å². The molecule has 3 atom stereocenters. The fraction of sp³-hybridized carbons (Fsp3) is 0.345. The van der Waals surface area contributed by atoms with E-state index in [0.717, 1.165) is 42.6 Å². The van der Waals surface area contributed by atoms with E-state index < -0.39 is 11.5 Å². The minimum Gasteiger partial charge on any atom is -0.379 e. The maximum Gasteiger partial charge on any atom is 0.354 e. The van der Waals surface area contributed by atoms with E-state index in [1.807, 2.05) is 31.2 Å². The number of halogens is 2. The van der Waals surface area contributed by atoms with Crippen LogP contribution >= 0.6 is 23.4 Å². The quantitative estimate of drug-likeness (QED) is 0.142. The second-order valence-electron chi connectivity index (χ2n) is 10.4. The fourth-order valence-electron chi connectivity index (χ4n) is 5.34. The highest BCUT2D eigenvalue weighted by Gasteiger charge is 2.22. The van der Waals surface area contributed by atoms with Crippen LogP contribution in [0.1, 0.15) is 49.8 Å². The van der Waals surface area contributed by atoms with Gasteiger partial charge in [-0.2, -0.15) is 4.98 Å². The number of aromatic nitrogens is 3. The van der Waals surface area contributed by atoms with Crippen molar-refractivity contribution in [3.05, 3.63) is 81.1 Å². The third-order valence-electron chi connectivity index (χ3n) is 7.22. The van der Waals surface area contributed by atoms with Gasteiger partial charge in [0, 0.05) is 41.0 Å². The zero-order valence-electron chi connectivity index (χ0n) is 22.2. The van der Waals surface area contributed by atoms with Crippen molar-refractivity contribution in [2.75, 3.05) is 5.75 Å².